The third-order valence-corrected chi connectivity index (χ3v) is 5.25. The Morgan fingerprint density at radius 2 is 2.14 bits per heavy atom. The summed E-state index contributed by atoms with van der Waals surface area (Å²) >= 11 is 2.09. The lowest BCUT2D eigenvalue weighted by molar-refractivity contribution is 0.335. The molecule has 2 heterocycles. The van der Waals surface area contributed by atoms with Crippen molar-refractivity contribution < 1.29 is 4.74 Å². The summed E-state index contributed by atoms with van der Waals surface area (Å²) in [4.78, 5) is 0. The fourth-order valence-electron chi connectivity index (χ4n) is 3.11. The van der Waals surface area contributed by atoms with Crippen LogP contribution in [0.15, 0.2) is 6.20 Å². The van der Waals surface area contributed by atoms with E-state index in [0.717, 1.165) is 18.2 Å². The molecule has 1 atom stereocenters. The largest absolute Gasteiger partial charge is 0.493 e. The molecule has 0 bridgehead atoms. The summed E-state index contributed by atoms with van der Waals surface area (Å²) in [6, 6.07) is 0.690. The van der Waals surface area contributed by atoms with Crippen LogP contribution in [0, 0.1) is 5.92 Å². The summed E-state index contributed by atoms with van der Waals surface area (Å²) in [7, 11) is 1.74. The van der Waals surface area contributed by atoms with Crippen molar-refractivity contribution in [2.75, 3.05) is 25.2 Å². The molecule has 21 heavy (non-hydrogen) atoms. The van der Waals surface area contributed by atoms with E-state index < -0.39 is 0 Å². The summed E-state index contributed by atoms with van der Waals surface area (Å²) in [5.74, 6) is 4.35. The first-order valence-electron chi connectivity index (χ1n) is 8.09. The first-order chi connectivity index (χ1) is 10.2. The number of ether oxygens (including phenoxy) is 1. The van der Waals surface area contributed by atoms with E-state index in [1.807, 2.05) is 6.20 Å². The molecule has 0 saturated carbocycles. The Bertz CT molecular complexity index is 427. The third-order valence-electron chi connectivity index (χ3n) is 4.20. The van der Waals surface area contributed by atoms with Gasteiger partial charge in [0, 0.05) is 6.04 Å². The van der Waals surface area contributed by atoms with Gasteiger partial charge < -0.3 is 10.1 Å². The molecule has 1 aromatic rings. The van der Waals surface area contributed by atoms with E-state index in [1.54, 1.807) is 7.11 Å². The lowest BCUT2D eigenvalue weighted by atomic mass is 9.92. The molecule has 1 fully saturated rings. The van der Waals surface area contributed by atoms with Crippen LogP contribution in [0.3, 0.4) is 0 Å². The number of nitrogens with one attached hydrogen (secondary N) is 1. The molecule has 0 aromatic carbocycles. The monoisotopic (exact) mass is 311 g/mol. The number of thioether (sulfide) groups is 1. The van der Waals surface area contributed by atoms with Crippen LogP contribution in [0.25, 0.3) is 0 Å². The molecular formula is C16H29N3OS. The lowest BCUT2D eigenvalue weighted by Crippen LogP contribution is -2.28. The number of hydrogen-bond acceptors (Lipinski definition) is 4. The maximum atomic E-state index is 5.57. The average Bonchev–Trinajstić information content (AvgIpc) is 2.92. The molecule has 1 aromatic heterocycles. The van der Waals surface area contributed by atoms with Gasteiger partial charge in [0.05, 0.1) is 25.0 Å². The zero-order chi connectivity index (χ0) is 15.2. The van der Waals surface area contributed by atoms with Crippen LogP contribution in [-0.4, -0.2) is 34.9 Å². The summed E-state index contributed by atoms with van der Waals surface area (Å²) in [5, 5.41) is 8.18. The number of methoxy groups -OCH3 is 1. The molecule has 120 valence electrons. The minimum atomic E-state index is 0.336. The quantitative estimate of drug-likeness (QED) is 0.834. The molecule has 5 heteroatoms. The molecule has 1 unspecified atom stereocenters. The first-order valence-corrected chi connectivity index (χ1v) is 9.25. The van der Waals surface area contributed by atoms with Crippen molar-refractivity contribution in [3.05, 3.63) is 11.9 Å². The molecule has 1 N–H and O–H groups in total. The van der Waals surface area contributed by atoms with E-state index in [4.69, 9.17) is 4.74 Å². The fraction of sp³-hybridized carbons (Fsp3) is 0.812. The van der Waals surface area contributed by atoms with Crippen molar-refractivity contribution in [3.8, 4) is 5.75 Å². The van der Waals surface area contributed by atoms with Gasteiger partial charge in [0.1, 0.15) is 0 Å². The lowest BCUT2D eigenvalue weighted by Gasteiger charge is -2.28. The van der Waals surface area contributed by atoms with E-state index >= 15 is 0 Å². The van der Waals surface area contributed by atoms with Crippen molar-refractivity contribution in [1.82, 2.24) is 15.1 Å². The van der Waals surface area contributed by atoms with E-state index in [1.165, 1.54) is 36.5 Å². The van der Waals surface area contributed by atoms with Crippen molar-refractivity contribution in [2.45, 2.75) is 52.1 Å². The highest BCUT2D eigenvalue weighted by Gasteiger charge is 2.26. The second kappa shape index (κ2) is 8.08. The summed E-state index contributed by atoms with van der Waals surface area (Å²) in [6.45, 7) is 7.50. The highest BCUT2D eigenvalue weighted by Crippen LogP contribution is 2.35. The van der Waals surface area contributed by atoms with Crippen LogP contribution in [0.1, 0.15) is 57.8 Å². The molecule has 0 spiro atoms. The van der Waals surface area contributed by atoms with Crippen molar-refractivity contribution in [2.24, 2.45) is 5.92 Å². The molecule has 1 aliphatic heterocycles. The minimum absolute atomic E-state index is 0.336. The van der Waals surface area contributed by atoms with Gasteiger partial charge in [0.25, 0.3) is 0 Å². The molecule has 0 radical (unpaired) electrons. The van der Waals surface area contributed by atoms with E-state index in [9.17, 15) is 0 Å². The standard InChI is InChI=1S/C16H29N3OS/c1-5-17-14(10-13-6-8-21-9-7-13)16-15(20-4)11-18-19(16)12(2)3/h11-14,17H,5-10H2,1-4H3. The Labute approximate surface area is 133 Å². The van der Waals surface area contributed by atoms with E-state index in [0.29, 0.717) is 12.1 Å². The normalized spacial score (nSPS) is 18.1. The Balaban J connectivity index is 2.21. The average molecular weight is 311 g/mol. The molecule has 2 rings (SSSR count). The zero-order valence-electron chi connectivity index (χ0n) is 13.8. The summed E-state index contributed by atoms with van der Waals surface area (Å²) in [6.07, 6.45) is 5.72. The predicted octanol–water partition coefficient (Wildman–Crippen LogP) is 3.66. The topological polar surface area (TPSA) is 39.1 Å². The number of rotatable bonds is 7. The van der Waals surface area contributed by atoms with Gasteiger partial charge in [-0.05, 0) is 57.1 Å². The van der Waals surface area contributed by atoms with Crippen LogP contribution in [0.2, 0.25) is 0 Å². The minimum Gasteiger partial charge on any atom is -0.493 e. The summed E-state index contributed by atoms with van der Waals surface area (Å²) < 4.78 is 7.68. The number of nitrogens with zero attached hydrogens (tertiary/aromatic N) is 2. The zero-order valence-corrected chi connectivity index (χ0v) is 14.6. The molecule has 0 amide bonds. The van der Waals surface area contributed by atoms with Crippen LogP contribution >= 0.6 is 11.8 Å². The highest BCUT2D eigenvalue weighted by molar-refractivity contribution is 7.99. The smallest absolute Gasteiger partial charge is 0.161 e. The van der Waals surface area contributed by atoms with Gasteiger partial charge in [-0.25, -0.2) is 0 Å². The van der Waals surface area contributed by atoms with Crippen LogP contribution in [0.4, 0.5) is 0 Å². The van der Waals surface area contributed by atoms with Gasteiger partial charge in [0.15, 0.2) is 5.75 Å². The van der Waals surface area contributed by atoms with Crippen LogP contribution in [-0.2, 0) is 0 Å². The Kier molecular flexibility index (Phi) is 6.42. The van der Waals surface area contributed by atoms with E-state index in [2.05, 4.69) is 47.6 Å². The van der Waals surface area contributed by atoms with Crippen molar-refractivity contribution in [1.29, 1.82) is 0 Å². The van der Waals surface area contributed by atoms with Gasteiger partial charge in [-0.15, -0.1) is 0 Å². The maximum absolute atomic E-state index is 5.57. The SMILES string of the molecule is CCNC(CC1CCSCC1)c1c(OC)cnn1C(C)C. The predicted molar refractivity (Wildman–Crippen MR) is 90.2 cm³/mol. The Hall–Kier alpha value is -0.680. The van der Waals surface area contributed by atoms with Crippen LogP contribution < -0.4 is 10.1 Å². The van der Waals surface area contributed by atoms with Gasteiger partial charge in [0.2, 0.25) is 0 Å². The molecular weight excluding hydrogens is 282 g/mol. The number of aromatic nitrogens is 2. The Morgan fingerprint density at radius 3 is 2.71 bits per heavy atom. The third kappa shape index (κ3) is 4.16. The highest BCUT2D eigenvalue weighted by atomic mass is 32.2. The molecule has 0 aliphatic carbocycles. The van der Waals surface area contributed by atoms with Crippen molar-refractivity contribution >= 4 is 11.8 Å². The maximum Gasteiger partial charge on any atom is 0.161 e. The number of hydrogen-bond donors (Lipinski definition) is 1. The van der Waals surface area contributed by atoms with Crippen LogP contribution in [0.5, 0.6) is 5.75 Å². The molecule has 1 saturated heterocycles. The second-order valence-electron chi connectivity index (χ2n) is 6.04. The van der Waals surface area contributed by atoms with E-state index in [-0.39, 0.29) is 0 Å². The molecule has 1 aliphatic rings. The molecule has 4 nitrogen and oxygen atoms in total. The van der Waals surface area contributed by atoms with Gasteiger partial charge in [-0.3, -0.25) is 4.68 Å². The fourth-order valence-corrected chi connectivity index (χ4v) is 4.31. The van der Waals surface area contributed by atoms with Crippen molar-refractivity contribution in [3.63, 3.8) is 0 Å². The van der Waals surface area contributed by atoms with Gasteiger partial charge in [-0.1, -0.05) is 6.92 Å². The first kappa shape index (κ1) is 16.7. The summed E-state index contributed by atoms with van der Waals surface area (Å²) in [5.41, 5.74) is 1.22. The van der Waals surface area contributed by atoms with Gasteiger partial charge >= 0.3 is 0 Å². The Morgan fingerprint density at radius 1 is 1.43 bits per heavy atom. The second-order valence-corrected chi connectivity index (χ2v) is 7.26. The van der Waals surface area contributed by atoms with Gasteiger partial charge in [-0.2, -0.15) is 16.9 Å².